The van der Waals surface area contributed by atoms with Crippen LogP contribution in [0.2, 0.25) is 0 Å². The molecule has 27 heavy (non-hydrogen) atoms. The number of methoxy groups -OCH3 is 3. The molecule has 0 aromatic heterocycles. The standard InChI is InChI=1S/C20H35N3O3.HI/c1-14(2)9-8-10-15(3)23-20(21-4)22-13-16-11-12-17(24-5)19(26-7)18(16)25-6;/h11-12,14-15H,8-10,13H2,1-7H3,(H2,21,22,23);1H. The minimum atomic E-state index is 0. The Morgan fingerprint density at radius 2 is 1.67 bits per heavy atom. The molecule has 156 valence electrons. The fourth-order valence-electron chi connectivity index (χ4n) is 2.81. The van der Waals surface area contributed by atoms with Crippen molar-refractivity contribution in [1.82, 2.24) is 10.6 Å². The third-order valence-corrected chi connectivity index (χ3v) is 4.26. The second kappa shape index (κ2) is 13.7. The van der Waals surface area contributed by atoms with Gasteiger partial charge in [0.15, 0.2) is 17.5 Å². The van der Waals surface area contributed by atoms with Crippen LogP contribution in [0.4, 0.5) is 0 Å². The fourth-order valence-corrected chi connectivity index (χ4v) is 2.81. The molecule has 1 unspecified atom stereocenters. The van der Waals surface area contributed by atoms with E-state index in [9.17, 15) is 0 Å². The molecular formula is C20H36IN3O3. The van der Waals surface area contributed by atoms with Gasteiger partial charge < -0.3 is 24.8 Å². The quantitative estimate of drug-likeness (QED) is 0.291. The highest BCUT2D eigenvalue weighted by Gasteiger charge is 2.16. The molecule has 0 heterocycles. The van der Waals surface area contributed by atoms with Crippen LogP contribution < -0.4 is 24.8 Å². The summed E-state index contributed by atoms with van der Waals surface area (Å²) in [5.74, 6) is 3.43. The molecule has 0 bridgehead atoms. The van der Waals surface area contributed by atoms with Crippen LogP contribution in [-0.4, -0.2) is 40.4 Å². The van der Waals surface area contributed by atoms with E-state index in [1.54, 1.807) is 28.4 Å². The first kappa shape index (κ1) is 25.6. The van der Waals surface area contributed by atoms with Crippen molar-refractivity contribution in [3.63, 3.8) is 0 Å². The lowest BCUT2D eigenvalue weighted by Crippen LogP contribution is -2.41. The largest absolute Gasteiger partial charge is 0.493 e. The maximum atomic E-state index is 5.53. The van der Waals surface area contributed by atoms with Gasteiger partial charge in [0.05, 0.1) is 21.3 Å². The Morgan fingerprint density at radius 3 is 2.19 bits per heavy atom. The van der Waals surface area contributed by atoms with E-state index >= 15 is 0 Å². The van der Waals surface area contributed by atoms with Gasteiger partial charge in [-0.05, 0) is 31.4 Å². The zero-order chi connectivity index (χ0) is 19.5. The number of halogens is 1. The number of nitrogens with zero attached hydrogens (tertiary/aromatic N) is 1. The monoisotopic (exact) mass is 493 g/mol. The Kier molecular flexibility index (Phi) is 13.0. The number of hydrogen-bond acceptors (Lipinski definition) is 4. The van der Waals surface area contributed by atoms with E-state index in [1.165, 1.54) is 12.8 Å². The maximum Gasteiger partial charge on any atom is 0.203 e. The summed E-state index contributed by atoms with van der Waals surface area (Å²) in [4.78, 5) is 4.32. The van der Waals surface area contributed by atoms with E-state index in [-0.39, 0.29) is 24.0 Å². The van der Waals surface area contributed by atoms with Crippen LogP contribution in [0, 0.1) is 5.92 Å². The summed E-state index contributed by atoms with van der Waals surface area (Å²) in [6.07, 6.45) is 3.59. The third kappa shape index (κ3) is 8.45. The van der Waals surface area contributed by atoms with E-state index in [4.69, 9.17) is 14.2 Å². The van der Waals surface area contributed by atoms with Crippen molar-refractivity contribution in [1.29, 1.82) is 0 Å². The number of ether oxygens (including phenoxy) is 3. The molecule has 1 atom stereocenters. The van der Waals surface area contributed by atoms with Crippen molar-refractivity contribution in [2.75, 3.05) is 28.4 Å². The van der Waals surface area contributed by atoms with E-state index in [2.05, 4.69) is 36.4 Å². The average molecular weight is 493 g/mol. The zero-order valence-corrected chi connectivity index (χ0v) is 20.0. The molecule has 7 heteroatoms. The normalized spacial score (nSPS) is 12.2. The lowest BCUT2D eigenvalue weighted by atomic mass is 10.0. The van der Waals surface area contributed by atoms with Crippen LogP contribution in [-0.2, 0) is 6.54 Å². The molecule has 0 spiro atoms. The molecule has 0 saturated carbocycles. The zero-order valence-electron chi connectivity index (χ0n) is 17.7. The van der Waals surface area contributed by atoms with Gasteiger partial charge in [-0.2, -0.15) is 0 Å². The SMILES string of the molecule is CN=C(NCc1ccc(OC)c(OC)c1OC)NC(C)CCCC(C)C.I. The Labute approximate surface area is 181 Å². The molecule has 1 rings (SSSR count). The van der Waals surface area contributed by atoms with Gasteiger partial charge in [0.1, 0.15) is 0 Å². The molecule has 6 nitrogen and oxygen atoms in total. The van der Waals surface area contributed by atoms with Crippen molar-refractivity contribution < 1.29 is 14.2 Å². The third-order valence-electron chi connectivity index (χ3n) is 4.26. The van der Waals surface area contributed by atoms with Gasteiger partial charge in [0.25, 0.3) is 0 Å². The lowest BCUT2D eigenvalue weighted by Gasteiger charge is -2.20. The van der Waals surface area contributed by atoms with Gasteiger partial charge in [-0.25, -0.2) is 0 Å². The molecule has 2 N–H and O–H groups in total. The Bertz CT molecular complexity index is 580. The maximum absolute atomic E-state index is 5.53. The first-order valence-electron chi connectivity index (χ1n) is 9.21. The number of hydrogen-bond donors (Lipinski definition) is 2. The van der Waals surface area contributed by atoms with E-state index in [0.29, 0.717) is 29.8 Å². The second-order valence-electron chi connectivity index (χ2n) is 6.79. The highest BCUT2D eigenvalue weighted by Crippen LogP contribution is 2.39. The first-order valence-corrected chi connectivity index (χ1v) is 9.21. The number of rotatable bonds is 10. The fraction of sp³-hybridized carbons (Fsp3) is 0.650. The van der Waals surface area contributed by atoms with Crippen LogP contribution in [0.25, 0.3) is 0 Å². The first-order chi connectivity index (χ1) is 12.5. The van der Waals surface area contributed by atoms with Gasteiger partial charge in [-0.15, -0.1) is 24.0 Å². The van der Waals surface area contributed by atoms with Crippen molar-refractivity contribution >= 4 is 29.9 Å². The van der Waals surface area contributed by atoms with E-state index in [0.717, 1.165) is 23.9 Å². The lowest BCUT2D eigenvalue weighted by molar-refractivity contribution is 0.322. The molecule has 0 amide bonds. The van der Waals surface area contributed by atoms with Gasteiger partial charge in [-0.1, -0.05) is 26.7 Å². The Hall–Kier alpha value is -1.38. The minimum absolute atomic E-state index is 0. The molecule has 1 aromatic rings. The van der Waals surface area contributed by atoms with E-state index < -0.39 is 0 Å². The summed E-state index contributed by atoms with van der Waals surface area (Å²) in [7, 11) is 6.63. The highest BCUT2D eigenvalue weighted by atomic mass is 127. The molecule has 0 fully saturated rings. The predicted octanol–water partition coefficient (Wildman–Crippen LogP) is 4.21. The van der Waals surface area contributed by atoms with Gasteiger partial charge in [0.2, 0.25) is 5.75 Å². The summed E-state index contributed by atoms with van der Waals surface area (Å²) in [6.45, 7) is 7.27. The van der Waals surface area contributed by atoms with Gasteiger partial charge in [0, 0.05) is 25.2 Å². The minimum Gasteiger partial charge on any atom is -0.493 e. The van der Waals surface area contributed by atoms with E-state index in [1.807, 2.05) is 12.1 Å². The average Bonchev–Trinajstić information content (AvgIpc) is 2.63. The molecule has 0 radical (unpaired) electrons. The molecule has 0 aliphatic heterocycles. The van der Waals surface area contributed by atoms with Crippen LogP contribution in [0.3, 0.4) is 0 Å². The van der Waals surface area contributed by atoms with Gasteiger partial charge in [-0.3, -0.25) is 4.99 Å². The number of benzene rings is 1. The molecule has 1 aromatic carbocycles. The molecular weight excluding hydrogens is 457 g/mol. The molecule has 0 aliphatic rings. The van der Waals surface area contributed by atoms with Crippen molar-refractivity contribution in [3.05, 3.63) is 17.7 Å². The Balaban J connectivity index is 0.00000676. The second-order valence-corrected chi connectivity index (χ2v) is 6.79. The number of nitrogens with one attached hydrogen (secondary N) is 2. The van der Waals surface area contributed by atoms with Crippen LogP contribution in [0.5, 0.6) is 17.2 Å². The van der Waals surface area contributed by atoms with Gasteiger partial charge >= 0.3 is 0 Å². The van der Waals surface area contributed by atoms with Crippen LogP contribution >= 0.6 is 24.0 Å². The summed E-state index contributed by atoms with van der Waals surface area (Å²) in [5, 5.41) is 6.78. The number of guanidine groups is 1. The van der Waals surface area contributed by atoms with Crippen molar-refractivity contribution in [2.24, 2.45) is 10.9 Å². The Morgan fingerprint density at radius 1 is 1.00 bits per heavy atom. The molecule has 0 aliphatic carbocycles. The summed E-state index contributed by atoms with van der Waals surface area (Å²) >= 11 is 0. The topological polar surface area (TPSA) is 64.1 Å². The summed E-state index contributed by atoms with van der Waals surface area (Å²) < 4.78 is 16.3. The highest BCUT2D eigenvalue weighted by molar-refractivity contribution is 14.0. The van der Waals surface area contributed by atoms with Crippen LogP contribution in [0.15, 0.2) is 17.1 Å². The smallest absolute Gasteiger partial charge is 0.203 e. The summed E-state index contributed by atoms with van der Waals surface area (Å²) in [6, 6.07) is 4.21. The molecule has 0 saturated heterocycles. The summed E-state index contributed by atoms with van der Waals surface area (Å²) in [5.41, 5.74) is 0.973. The van der Waals surface area contributed by atoms with Crippen molar-refractivity contribution in [3.8, 4) is 17.2 Å². The van der Waals surface area contributed by atoms with Crippen molar-refractivity contribution in [2.45, 2.75) is 52.6 Å². The number of aliphatic imine (C=N–C) groups is 1. The van der Waals surface area contributed by atoms with Crippen LogP contribution in [0.1, 0.15) is 45.6 Å². The predicted molar refractivity (Wildman–Crippen MR) is 123 cm³/mol.